The maximum absolute atomic E-state index is 13.6. The molecule has 212 valence electrons. The lowest BCUT2D eigenvalue weighted by Gasteiger charge is -2.25. The van der Waals surface area contributed by atoms with Crippen molar-refractivity contribution in [3.8, 4) is 63.1 Å². The number of Topliss-reactive ketones (excluding diaryl/α,β-unsaturated/α-hetero) is 1. The molecule has 6 rings (SSSR count). The third kappa shape index (κ3) is 4.42. The Bertz CT molecular complexity index is 1990. The standard InChI is InChI=1S/C31H22O11/c32-17-10-24(38)28-26(11-17)42-30(14-2-4-20(34)22(36)8-14)31(29(28)40)41-18-6-16-5-15(9-23(37)27(16)25(39)12-18)13-1-3-19(33)21(35)7-13/h1-4,6-8,10-12,15,32-36,38-39H,5,9H2/t15-/m0/s1. The third-order valence-electron chi connectivity index (χ3n) is 7.20. The fourth-order valence-corrected chi connectivity index (χ4v) is 5.23. The Morgan fingerprint density at radius 1 is 0.690 bits per heavy atom. The van der Waals surface area contributed by atoms with Gasteiger partial charge in [0.2, 0.25) is 11.2 Å². The number of phenols is 7. The Morgan fingerprint density at radius 2 is 1.40 bits per heavy atom. The minimum atomic E-state index is -0.845. The van der Waals surface area contributed by atoms with Crippen molar-refractivity contribution in [2.75, 3.05) is 0 Å². The van der Waals surface area contributed by atoms with Crippen LogP contribution in [-0.4, -0.2) is 41.5 Å². The quantitative estimate of drug-likeness (QED) is 0.142. The average molecular weight is 571 g/mol. The van der Waals surface area contributed by atoms with E-state index in [-0.39, 0.29) is 75.2 Å². The Kier molecular flexibility index (Phi) is 6.07. The summed E-state index contributed by atoms with van der Waals surface area (Å²) < 4.78 is 11.8. The molecular formula is C31H22O11. The summed E-state index contributed by atoms with van der Waals surface area (Å²) in [4.78, 5) is 26.6. The third-order valence-corrected chi connectivity index (χ3v) is 7.20. The summed E-state index contributed by atoms with van der Waals surface area (Å²) in [5.41, 5.74) is 0.156. The summed E-state index contributed by atoms with van der Waals surface area (Å²) in [5.74, 6) is -4.40. The van der Waals surface area contributed by atoms with Crippen molar-refractivity contribution >= 4 is 16.8 Å². The zero-order valence-corrected chi connectivity index (χ0v) is 21.5. The molecule has 0 radical (unpaired) electrons. The fraction of sp³-hybridized carbons (Fsp3) is 0.0968. The van der Waals surface area contributed by atoms with Crippen LogP contribution in [0.3, 0.4) is 0 Å². The van der Waals surface area contributed by atoms with Gasteiger partial charge in [-0.2, -0.15) is 0 Å². The van der Waals surface area contributed by atoms with Gasteiger partial charge in [0.15, 0.2) is 34.5 Å². The van der Waals surface area contributed by atoms with Crippen LogP contribution < -0.4 is 10.2 Å². The Hall–Kier alpha value is -5.84. The molecule has 0 fully saturated rings. The monoisotopic (exact) mass is 570 g/mol. The minimum absolute atomic E-state index is 0.0415. The lowest BCUT2D eigenvalue weighted by molar-refractivity contribution is 0.0961. The smallest absolute Gasteiger partial charge is 0.239 e. The Labute approximate surface area is 236 Å². The highest BCUT2D eigenvalue weighted by atomic mass is 16.5. The van der Waals surface area contributed by atoms with E-state index in [9.17, 15) is 45.3 Å². The van der Waals surface area contributed by atoms with Crippen LogP contribution in [-0.2, 0) is 6.42 Å². The number of rotatable bonds is 4. The summed E-state index contributed by atoms with van der Waals surface area (Å²) in [5, 5.41) is 70.3. The highest BCUT2D eigenvalue weighted by Crippen LogP contribution is 2.43. The van der Waals surface area contributed by atoms with E-state index < -0.39 is 34.3 Å². The van der Waals surface area contributed by atoms with E-state index in [1.807, 2.05) is 0 Å². The molecule has 5 aromatic rings. The average Bonchev–Trinajstić information content (AvgIpc) is 2.92. The van der Waals surface area contributed by atoms with Gasteiger partial charge in [0.1, 0.15) is 34.0 Å². The van der Waals surface area contributed by atoms with Crippen molar-refractivity contribution in [1.29, 1.82) is 0 Å². The molecule has 0 bridgehead atoms. The molecule has 0 saturated carbocycles. The number of ketones is 1. The SMILES string of the molecule is O=C1C[C@@H](c2ccc(O)c(O)c2)Cc2cc(Oc3c(-c4ccc(O)c(O)c4)oc4cc(O)cc(O)c4c3=O)cc(O)c21. The summed E-state index contributed by atoms with van der Waals surface area (Å²) in [6, 6.07) is 12.6. The second-order valence-electron chi connectivity index (χ2n) is 9.99. The summed E-state index contributed by atoms with van der Waals surface area (Å²) in [6.07, 6.45) is 0.293. The highest BCUT2D eigenvalue weighted by molar-refractivity contribution is 6.02. The first kappa shape index (κ1) is 26.4. The molecule has 0 saturated heterocycles. The van der Waals surface area contributed by atoms with E-state index in [0.29, 0.717) is 11.1 Å². The van der Waals surface area contributed by atoms with Crippen molar-refractivity contribution in [3.05, 3.63) is 87.6 Å². The second-order valence-corrected chi connectivity index (χ2v) is 9.99. The van der Waals surface area contributed by atoms with Gasteiger partial charge in [-0.25, -0.2) is 0 Å². The number of ether oxygens (including phenoxy) is 1. The zero-order chi connectivity index (χ0) is 29.9. The van der Waals surface area contributed by atoms with Gasteiger partial charge in [0.25, 0.3) is 0 Å². The summed E-state index contributed by atoms with van der Waals surface area (Å²) >= 11 is 0. The normalized spacial score (nSPS) is 14.6. The van der Waals surface area contributed by atoms with Gasteiger partial charge < -0.3 is 44.9 Å². The van der Waals surface area contributed by atoms with E-state index in [4.69, 9.17) is 9.15 Å². The Balaban J connectivity index is 1.48. The predicted octanol–water partition coefficient (Wildman–Crippen LogP) is 5.10. The molecule has 11 nitrogen and oxygen atoms in total. The van der Waals surface area contributed by atoms with Crippen molar-refractivity contribution in [3.63, 3.8) is 0 Å². The molecule has 0 unspecified atom stereocenters. The first-order valence-corrected chi connectivity index (χ1v) is 12.6. The molecule has 1 aromatic heterocycles. The van der Waals surface area contributed by atoms with Gasteiger partial charge in [0, 0.05) is 30.2 Å². The molecule has 1 heterocycles. The topological polar surface area (TPSA) is 198 Å². The molecule has 4 aromatic carbocycles. The summed E-state index contributed by atoms with van der Waals surface area (Å²) in [6.45, 7) is 0. The number of carbonyl (C=O) groups excluding carboxylic acids is 1. The number of phenolic OH excluding ortho intramolecular Hbond substituents is 7. The van der Waals surface area contributed by atoms with Crippen LogP contribution in [0.1, 0.15) is 33.8 Å². The van der Waals surface area contributed by atoms with Crippen molar-refractivity contribution < 1.29 is 49.7 Å². The van der Waals surface area contributed by atoms with Gasteiger partial charge in [-0.05, 0) is 59.9 Å². The van der Waals surface area contributed by atoms with Gasteiger partial charge in [-0.15, -0.1) is 0 Å². The van der Waals surface area contributed by atoms with Gasteiger partial charge in [0.05, 0.1) is 5.56 Å². The van der Waals surface area contributed by atoms with Crippen molar-refractivity contribution in [2.24, 2.45) is 0 Å². The van der Waals surface area contributed by atoms with E-state index in [1.54, 1.807) is 6.07 Å². The number of fused-ring (bicyclic) bond motifs is 2. The van der Waals surface area contributed by atoms with E-state index in [0.717, 1.165) is 30.3 Å². The van der Waals surface area contributed by atoms with E-state index in [1.165, 1.54) is 24.3 Å². The van der Waals surface area contributed by atoms with Crippen LogP contribution in [0.5, 0.6) is 51.7 Å². The van der Waals surface area contributed by atoms with Crippen LogP contribution in [0.2, 0.25) is 0 Å². The lowest BCUT2D eigenvalue weighted by atomic mass is 9.79. The van der Waals surface area contributed by atoms with E-state index in [2.05, 4.69) is 0 Å². The first-order valence-electron chi connectivity index (χ1n) is 12.6. The van der Waals surface area contributed by atoms with E-state index >= 15 is 0 Å². The maximum Gasteiger partial charge on any atom is 0.239 e. The minimum Gasteiger partial charge on any atom is -0.508 e. The van der Waals surface area contributed by atoms with Crippen LogP contribution in [0.4, 0.5) is 0 Å². The van der Waals surface area contributed by atoms with Gasteiger partial charge in [-0.3, -0.25) is 9.59 Å². The van der Waals surface area contributed by atoms with Crippen LogP contribution >= 0.6 is 0 Å². The molecule has 0 amide bonds. The number of aromatic hydroxyl groups is 7. The molecule has 7 N–H and O–H groups in total. The highest BCUT2D eigenvalue weighted by Gasteiger charge is 2.31. The molecule has 1 aliphatic carbocycles. The molecule has 1 atom stereocenters. The van der Waals surface area contributed by atoms with Gasteiger partial charge in [-0.1, -0.05) is 6.07 Å². The lowest BCUT2D eigenvalue weighted by Crippen LogP contribution is -2.19. The van der Waals surface area contributed by atoms with Crippen molar-refractivity contribution in [1.82, 2.24) is 0 Å². The number of hydrogen-bond donors (Lipinski definition) is 7. The van der Waals surface area contributed by atoms with Crippen LogP contribution in [0.15, 0.2) is 69.9 Å². The summed E-state index contributed by atoms with van der Waals surface area (Å²) in [7, 11) is 0. The zero-order valence-electron chi connectivity index (χ0n) is 21.5. The number of carbonyl (C=O) groups is 1. The van der Waals surface area contributed by atoms with Crippen LogP contribution in [0.25, 0.3) is 22.3 Å². The molecule has 1 aliphatic rings. The van der Waals surface area contributed by atoms with Crippen molar-refractivity contribution in [2.45, 2.75) is 18.8 Å². The number of benzene rings is 4. The molecular weight excluding hydrogens is 548 g/mol. The predicted molar refractivity (Wildman–Crippen MR) is 148 cm³/mol. The maximum atomic E-state index is 13.6. The van der Waals surface area contributed by atoms with Crippen LogP contribution in [0, 0.1) is 0 Å². The molecule has 42 heavy (non-hydrogen) atoms. The van der Waals surface area contributed by atoms with Gasteiger partial charge >= 0.3 is 0 Å². The molecule has 11 heteroatoms. The fourth-order valence-electron chi connectivity index (χ4n) is 5.23. The second kappa shape index (κ2) is 9.66. The largest absolute Gasteiger partial charge is 0.508 e. The first-order chi connectivity index (χ1) is 20.0. The Morgan fingerprint density at radius 3 is 2.12 bits per heavy atom. The molecule has 0 spiro atoms. The number of hydrogen-bond acceptors (Lipinski definition) is 11. The molecule has 0 aliphatic heterocycles.